The smallest absolute Gasteiger partial charge is 0.321 e. The molecule has 1 fully saturated rings. The first-order chi connectivity index (χ1) is 13.7. The van der Waals surface area contributed by atoms with Crippen LogP contribution in [0.1, 0.15) is 37.1 Å². The largest absolute Gasteiger partial charge is 0.339 e. The van der Waals surface area contributed by atoms with Gasteiger partial charge in [0.2, 0.25) is 11.7 Å². The number of aromatic nitrogens is 2. The van der Waals surface area contributed by atoms with Crippen molar-refractivity contribution in [3.05, 3.63) is 66.1 Å². The number of hydrogen-bond acceptors (Lipinski definition) is 4. The fourth-order valence-electron chi connectivity index (χ4n) is 3.58. The lowest BCUT2D eigenvalue weighted by Crippen LogP contribution is -2.40. The second-order valence-corrected chi connectivity index (χ2v) is 7.02. The Labute approximate surface area is 164 Å². The molecule has 0 unspecified atom stereocenters. The van der Waals surface area contributed by atoms with Crippen molar-refractivity contribution in [2.75, 3.05) is 18.4 Å². The zero-order valence-electron chi connectivity index (χ0n) is 16.0. The van der Waals surface area contributed by atoms with Gasteiger partial charge < -0.3 is 14.7 Å². The molecule has 1 N–H and O–H groups in total. The summed E-state index contributed by atoms with van der Waals surface area (Å²) in [5.74, 6) is 1.47. The van der Waals surface area contributed by atoms with Crippen molar-refractivity contribution in [1.29, 1.82) is 0 Å². The number of anilines is 1. The summed E-state index contributed by atoms with van der Waals surface area (Å²) in [6.45, 7) is 3.44. The molecular weight excluding hydrogens is 352 g/mol. The average molecular weight is 376 g/mol. The average Bonchev–Trinajstić information content (AvgIpc) is 3.25. The van der Waals surface area contributed by atoms with Gasteiger partial charge in [-0.25, -0.2) is 4.79 Å². The zero-order valence-corrected chi connectivity index (χ0v) is 16.0. The van der Waals surface area contributed by atoms with E-state index in [0.29, 0.717) is 24.8 Å². The van der Waals surface area contributed by atoms with E-state index in [1.165, 1.54) is 0 Å². The van der Waals surface area contributed by atoms with Crippen LogP contribution in [0.3, 0.4) is 0 Å². The van der Waals surface area contributed by atoms with Gasteiger partial charge in [-0.05, 0) is 30.9 Å². The Balaban J connectivity index is 1.36. The Hall–Kier alpha value is -3.15. The topological polar surface area (TPSA) is 71.3 Å². The van der Waals surface area contributed by atoms with Crippen molar-refractivity contribution in [2.24, 2.45) is 0 Å². The highest BCUT2D eigenvalue weighted by molar-refractivity contribution is 5.90. The highest BCUT2D eigenvalue weighted by Crippen LogP contribution is 2.29. The predicted molar refractivity (Wildman–Crippen MR) is 108 cm³/mol. The number of aryl methyl sites for hydroxylation is 1. The van der Waals surface area contributed by atoms with Gasteiger partial charge in [-0.3, -0.25) is 0 Å². The molecule has 1 aliphatic rings. The molecule has 0 aliphatic carbocycles. The highest BCUT2D eigenvalue weighted by atomic mass is 16.5. The Morgan fingerprint density at radius 3 is 2.57 bits per heavy atom. The van der Waals surface area contributed by atoms with Gasteiger partial charge in [0, 0.05) is 30.3 Å². The highest BCUT2D eigenvalue weighted by Gasteiger charge is 2.28. The molecule has 4 rings (SSSR count). The Bertz CT molecular complexity index is 930. The first-order valence-corrected chi connectivity index (χ1v) is 9.77. The molecule has 2 aromatic carbocycles. The number of carbonyl (C=O) groups excluding carboxylic acids is 1. The quantitative estimate of drug-likeness (QED) is 0.716. The summed E-state index contributed by atoms with van der Waals surface area (Å²) in [5, 5.41) is 7.16. The third-order valence-electron chi connectivity index (χ3n) is 5.25. The third kappa shape index (κ3) is 3.91. The standard InChI is InChI=1S/C22H24N4O2/c1-2-16-8-6-7-11-19(16)23-22(27)26-14-12-18(13-15-26)21-24-20(25-28-21)17-9-4-3-5-10-17/h3-11,18H,2,12-15H2,1H3,(H,23,27). The predicted octanol–water partition coefficient (Wildman–Crippen LogP) is 4.71. The minimum absolute atomic E-state index is 0.0464. The molecule has 144 valence electrons. The Morgan fingerprint density at radius 1 is 1.11 bits per heavy atom. The number of amides is 2. The van der Waals surface area contributed by atoms with Gasteiger partial charge in [-0.15, -0.1) is 0 Å². The Morgan fingerprint density at radius 2 is 1.82 bits per heavy atom. The van der Waals surface area contributed by atoms with Crippen molar-refractivity contribution >= 4 is 11.7 Å². The molecule has 0 bridgehead atoms. The van der Waals surface area contributed by atoms with Crippen LogP contribution in [0.4, 0.5) is 10.5 Å². The summed E-state index contributed by atoms with van der Waals surface area (Å²) in [6, 6.07) is 17.7. The summed E-state index contributed by atoms with van der Waals surface area (Å²) in [7, 11) is 0. The molecule has 3 aromatic rings. The summed E-state index contributed by atoms with van der Waals surface area (Å²) >= 11 is 0. The second-order valence-electron chi connectivity index (χ2n) is 7.02. The number of hydrogen-bond donors (Lipinski definition) is 1. The molecule has 1 aliphatic heterocycles. The minimum Gasteiger partial charge on any atom is -0.339 e. The monoisotopic (exact) mass is 376 g/mol. The van der Waals surface area contributed by atoms with Gasteiger partial charge in [0.15, 0.2) is 0 Å². The lowest BCUT2D eigenvalue weighted by molar-refractivity contribution is 0.187. The van der Waals surface area contributed by atoms with E-state index in [1.807, 2.05) is 59.5 Å². The van der Waals surface area contributed by atoms with Gasteiger partial charge in [0.1, 0.15) is 0 Å². The van der Waals surface area contributed by atoms with E-state index in [0.717, 1.165) is 36.1 Å². The number of urea groups is 1. The number of piperidine rings is 1. The third-order valence-corrected chi connectivity index (χ3v) is 5.25. The molecule has 2 amide bonds. The van der Waals surface area contributed by atoms with Crippen LogP contribution < -0.4 is 5.32 Å². The molecule has 0 atom stereocenters. The van der Waals surface area contributed by atoms with E-state index >= 15 is 0 Å². The Kier molecular flexibility index (Phi) is 5.37. The molecule has 28 heavy (non-hydrogen) atoms. The lowest BCUT2D eigenvalue weighted by atomic mass is 9.97. The summed E-state index contributed by atoms with van der Waals surface area (Å²) in [6.07, 6.45) is 2.53. The number of carbonyl (C=O) groups is 1. The van der Waals surface area contributed by atoms with Gasteiger partial charge in [-0.2, -0.15) is 4.98 Å². The van der Waals surface area contributed by atoms with Gasteiger partial charge in [-0.1, -0.05) is 60.6 Å². The molecule has 1 aromatic heterocycles. The number of nitrogens with zero attached hydrogens (tertiary/aromatic N) is 3. The summed E-state index contributed by atoms with van der Waals surface area (Å²) in [4.78, 5) is 19.1. The zero-order chi connectivity index (χ0) is 19.3. The lowest BCUT2D eigenvalue weighted by Gasteiger charge is -2.30. The van der Waals surface area contributed by atoms with E-state index < -0.39 is 0 Å². The maximum absolute atomic E-state index is 12.6. The fourth-order valence-corrected chi connectivity index (χ4v) is 3.58. The van der Waals surface area contributed by atoms with E-state index in [1.54, 1.807) is 0 Å². The van der Waals surface area contributed by atoms with E-state index in [-0.39, 0.29) is 11.9 Å². The first-order valence-electron chi connectivity index (χ1n) is 9.77. The number of benzene rings is 2. The first kappa shape index (κ1) is 18.2. The molecule has 2 heterocycles. The SMILES string of the molecule is CCc1ccccc1NC(=O)N1CCC(c2nc(-c3ccccc3)no2)CC1. The molecular formula is C22H24N4O2. The van der Waals surface area contributed by atoms with Gasteiger partial charge in [0.05, 0.1) is 0 Å². The maximum atomic E-state index is 12.6. The fraction of sp³-hybridized carbons (Fsp3) is 0.318. The van der Waals surface area contributed by atoms with Crippen LogP contribution in [0.2, 0.25) is 0 Å². The van der Waals surface area contributed by atoms with Crippen LogP contribution in [0.15, 0.2) is 59.1 Å². The maximum Gasteiger partial charge on any atom is 0.321 e. The molecule has 0 spiro atoms. The number of para-hydroxylation sites is 1. The molecule has 6 heteroatoms. The van der Waals surface area contributed by atoms with Crippen LogP contribution in [0, 0.1) is 0 Å². The molecule has 1 saturated heterocycles. The van der Waals surface area contributed by atoms with Crippen LogP contribution in [0.25, 0.3) is 11.4 Å². The minimum atomic E-state index is -0.0464. The van der Waals surface area contributed by atoms with Crippen LogP contribution in [-0.4, -0.2) is 34.2 Å². The number of likely N-dealkylation sites (tertiary alicyclic amines) is 1. The number of rotatable bonds is 4. The second kappa shape index (κ2) is 8.25. The van der Waals surface area contributed by atoms with Gasteiger partial charge in [0.25, 0.3) is 0 Å². The van der Waals surface area contributed by atoms with E-state index in [4.69, 9.17) is 4.52 Å². The summed E-state index contributed by atoms with van der Waals surface area (Å²) in [5.41, 5.74) is 2.98. The molecule has 6 nitrogen and oxygen atoms in total. The van der Waals surface area contributed by atoms with Crippen LogP contribution in [-0.2, 0) is 6.42 Å². The number of nitrogens with one attached hydrogen (secondary N) is 1. The van der Waals surface area contributed by atoms with Crippen molar-refractivity contribution in [3.8, 4) is 11.4 Å². The van der Waals surface area contributed by atoms with E-state index in [9.17, 15) is 4.79 Å². The van der Waals surface area contributed by atoms with Gasteiger partial charge >= 0.3 is 6.03 Å². The van der Waals surface area contributed by atoms with Crippen LogP contribution in [0.5, 0.6) is 0 Å². The normalized spacial score (nSPS) is 14.8. The van der Waals surface area contributed by atoms with Crippen LogP contribution >= 0.6 is 0 Å². The summed E-state index contributed by atoms with van der Waals surface area (Å²) < 4.78 is 5.50. The van der Waals surface area contributed by atoms with Crippen molar-refractivity contribution in [3.63, 3.8) is 0 Å². The van der Waals surface area contributed by atoms with Crippen molar-refractivity contribution in [2.45, 2.75) is 32.1 Å². The van der Waals surface area contributed by atoms with Crippen molar-refractivity contribution < 1.29 is 9.32 Å². The molecule has 0 radical (unpaired) electrons. The van der Waals surface area contributed by atoms with Crippen molar-refractivity contribution in [1.82, 2.24) is 15.0 Å². The van der Waals surface area contributed by atoms with E-state index in [2.05, 4.69) is 22.4 Å². The molecule has 0 saturated carbocycles.